The molecule has 0 bridgehead atoms. The van der Waals surface area contributed by atoms with Gasteiger partial charge in [-0.25, -0.2) is 9.95 Å². The predicted molar refractivity (Wildman–Crippen MR) is 30.0 cm³/mol. The maximum absolute atomic E-state index is 10.3. The van der Waals surface area contributed by atoms with Gasteiger partial charge in [0.1, 0.15) is 0 Å². The van der Waals surface area contributed by atoms with Gasteiger partial charge in [0.05, 0.1) is 18.4 Å². The third-order valence-electron chi connectivity index (χ3n) is 0.875. The number of ether oxygens (including phenoxy) is 1. The zero-order chi connectivity index (χ0) is 6.69. The zero-order valence-electron chi connectivity index (χ0n) is 5.01. The smallest absolute Gasteiger partial charge is 0.357 e. The minimum atomic E-state index is -0.373. The minimum absolute atomic E-state index is 0.373. The molecule has 0 atom stereocenters. The first kappa shape index (κ1) is 6.10. The van der Waals surface area contributed by atoms with Gasteiger partial charge in [-0.3, -0.25) is 0 Å². The monoisotopic (exact) mass is 129 g/mol. The second kappa shape index (κ2) is 2.50. The maximum atomic E-state index is 10.3. The Balaban J connectivity index is 2.73. The second-order valence-corrected chi connectivity index (χ2v) is 1.63. The van der Waals surface area contributed by atoms with Crippen molar-refractivity contribution in [3.63, 3.8) is 0 Å². The lowest BCUT2D eigenvalue weighted by Crippen LogP contribution is -1.88. The summed E-state index contributed by atoms with van der Waals surface area (Å²) in [5.74, 6) is 0. The fraction of sp³-hybridized carbons (Fsp3) is 0.400. The van der Waals surface area contributed by atoms with E-state index >= 15 is 0 Å². The van der Waals surface area contributed by atoms with Gasteiger partial charge in [-0.15, -0.1) is 0 Å². The van der Waals surface area contributed by atoms with Crippen molar-refractivity contribution in [3.05, 3.63) is 22.2 Å². The molecule has 0 amide bonds. The largest absolute Gasteiger partial charge is 0.378 e. The first-order valence-electron chi connectivity index (χ1n) is 2.49. The van der Waals surface area contributed by atoms with Gasteiger partial charge in [0, 0.05) is 7.11 Å². The molecule has 0 saturated carbocycles. The number of hydrogen-bond acceptors (Lipinski definition) is 3. The molecule has 9 heavy (non-hydrogen) atoms. The lowest BCUT2D eigenvalue weighted by molar-refractivity contribution is 0.177. The molecular formula is C5H7NO3. The van der Waals surface area contributed by atoms with Crippen molar-refractivity contribution in [2.24, 2.45) is 0 Å². The lowest BCUT2D eigenvalue weighted by Gasteiger charge is -1.88. The molecule has 1 aromatic rings. The normalized spacial score (nSPS) is 9.89. The summed E-state index contributed by atoms with van der Waals surface area (Å²) in [6.07, 6.45) is 0. The van der Waals surface area contributed by atoms with Crippen LogP contribution in [0.4, 0.5) is 0 Å². The molecule has 1 aromatic heterocycles. The highest BCUT2D eigenvalue weighted by Gasteiger charge is 1.94. The molecular weight excluding hydrogens is 122 g/mol. The number of methoxy groups -OCH3 is 1. The van der Waals surface area contributed by atoms with Crippen LogP contribution in [0.2, 0.25) is 0 Å². The summed E-state index contributed by atoms with van der Waals surface area (Å²) in [5.41, 5.74) is 0.282. The van der Waals surface area contributed by atoms with Crippen molar-refractivity contribution in [1.82, 2.24) is 5.16 Å². The number of rotatable bonds is 2. The van der Waals surface area contributed by atoms with Gasteiger partial charge in [-0.1, -0.05) is 0 Å². The minimum Gasteiger partial charge on any atom is -0.378 e. The summed E-state index contributed by atoms with van der Waals surface area (Å²) in [6.45, 7) is 0.381. The van der Waals surface area contributed by atoms with Gasteiger partial charge < -0.3 is 9.26 Å². The highest BCUT2D eigenvalue weighted by atomic mass is 16.5. The molecule has 1 rings (SSSR count). The average Bonchev–Trinajstić information content (AvgIpc) is 2.17. The number of hydrogen-bond donors (Lipinski definition) is 1. The molecule has 0 saturated heterocycles. The van der Waals surface area contributed by atoms with Crippen molar-refractivity contribution in [2.75, 3.05) is 7.11 Å². The third kappa shape index (κ3) is 1.43. The zero-order valence-corrected chi connectivity index (χ0v) is 5.01. The van der Waals surface area contributed by atoms with E-state index in [0.29, 0.717) is 12.3 Å². The first-order valence-corrected chi connectivity index (χ1v) is 2.49. The summed E-state index contributed by atoms with van der Waals surface area (Å²) in [5, 5.41) is 2.39. The van der Waals surface area contributed by atoms with E-state index in [1.54, 1.807) is 7.11 Å². The van der Waals surface area contributed by atoms with Gasteiger partial charge in [0.2, 0.25) is 0 Å². The Morgan fingerprint density at radius 3 is 3.11 bits per heavy atom. The van der Waals surface area contributed by atoms with E-state index < -0.39 is 0 Å². The van der Waals surface area contributed by atoms with E-state index in [2.05, 4.69) is 9.68 Å². The Bertz CT molecular complexity index is 224. The van der Waals surface area contributed by atoms with Gasteiger partial charge in [-0.05, 0) is 0 Å². The van der Waals surface area contributed by atoms with Crippen molar-refractivity contribution in [1.29, 1.82) is 0 Å². The summed E-state index contributed by atoms with van der Waals surface area (Å²) in [6, 6.07) is 1.35. The Morgan fingerprint density at radius 2 is 2.67 bits per heavy atom. The van der Waals surface area contributed by atoms with Crippen LogP contribution in [0.3, 0.4) is 0 Å². The number of nitrogens with one attached hydrogen (secondary N) is 1. The van der Waals surface area contributed by atoms with Gasteiger partial charge in [0.25, 0.3) is 0 Å². The molecule has 1 heterocycles. The standard InChI is InChI=1S/C5H7NO3/c1-8-3-4-2-5(7)9-6-4/h2,6H,3H2,1H3. The van der Waals surface area contributed by atoms with Crippen LogP contribution in [0.25, 0.3) is 0 Å². The van der Waals surface area contributed by atoms with Crippen molar-refractivity contribution >= 4 is 0 Å². The molecule has 4 nitrogen and oxygen atoms in total. The average molecular weight is 129 g/mol. The maximum Gasteiger partial charge on any atom is 0.357 e. The van der Waals surface area contributed by atoms with Crippen LogP contribution < -0.4 is 5.63 Å². The van der Waals surface area contributed by atoms with Gasteiger partial charge >= 0.3 is 5.63 Å². The van der Waals surface area contributed by atoms with Crippen LogP contribution in [-0.2, 0) is 11.3 Å². The molecule has 0 radical (unpaired) electrons. The van der Waals surface area contributed by atoms with Crippen LogP contribution in [-0.4, -0.2) is 12.3 Å². The Labute approximate surface area is 51.4 Å². The van der Waals surface area contributed by atoms with E-state index in [9.17, 15) is 4.79 Å². The Kier molecular flexibility index (Phi) is 1.69. The lowest BCUT2D eigenvalue weighted by atomic mass is 10.5. The number of aromatic amines is 1. The van der Waals surface area contributed by atoms with Gasteiger partial charge in [-0.2, -0.15) is 0 Å². The van der Waals surface area contributed by atoms with Gasteiger partial charge in [0.15, 0.2) is 0 Å². The molecule has 4 heteroatoms. The fourth-order valence-corrected chi connectivity index (χ4v) is 0.544. The molecule has 0 aliphatic carbocycles. The molecule has 0 fully saturated rings. The molecule has 0 aliphatic rings. The topological polar surface area (TPSA) is 55.2 Å². The Morgan fingerprint density at radius 1 is 1.89 bits per heavy atom. The quantitative estimate of drug-likeness (QED) is 0.616. The number of H-pyrrole nitrogens is 1. The third-order valence-corrected chi connectivity index (χ3v) is 0.875. The van der Waals surface area contributed by atoms with E-state index in [-0.39, 0.29) is 5.63 Å². The van der Waals surface area contributed by atoms with Crippen LogP contribution in [0, 0.1) is 0 Å². The molecule has 0 unspecified atom stereocenters. The molecule has 0 aromatic carbocycles. The molecule has 1 N–H and O–H groups in total. The van der Waals surface area contributed by atoms with E-state index in [0.717, 1.165) is 0 Å². The second-order valence-electron chi connectivity index (χ2n) is 1.63. The SMILES string of the molecule is COCc1cc(=O)o[nH]1. The molecule has 50 valence electrons. The first-order chi connectivity index (χ1) is 4.33. The van der Waals surface area contributed by atoms with E-state index in [1.165, 1.54) is 6.07 Å². The molecule has 0 spiro atoms. The van der Waals surface area contributed by atoms with Crippen molar-refractivity contribution in [3.8, 4) is 0 Å². The highest BCUT2D eigenvalue weighted by molar-refractivity contribution is 4.92. The van der Waals surface area contributed by atoms with Crippen molar-refractivity contribution in [2.45, 2.75) is 6.61 Å². The number of aromatic nitrogens is 1. The van der Waals surface area contributed by atoms with E-state index in [4.69, 9.17) is 4.74 Å². The Hall–Kier alpha value is -1.03. The van der Waals surface area contributed by atoms with Crippen LogP contribution in [0.1, 0.15) is 5.69 Å². The fourth-order valence-electron chi connectivity index (χ4n) is 0.544. The highest BCUT2D eigenvalue weighted by Crippen LogP contribution is 1.89. The van der Waals surface area contributed by atoms with Crippen LogP contribution in [0.15, 0.2) is 15.4 Å². The predicted octanol–water partition coefficient (Wildman–Crippen LogP) is 0.114. The van der Waals surface area contributed by atoms with Crippen molar-refractivity contribution < 1.29 is 9.26 Å². The molecule has 0 aliphatic heterocycles. The van der Waals surface area contributed by atoms with E-state index in [1.807, 2.05) is 0 Å². The summed E-state index contributed by atoms with van der Waals surface area (Å²) < 4.78 is 9.07. The summed E-state index contributed by atoms with van der Waals surface area (Å²) in [7, 11) is 1.55. The van der Waals surface area contributed by atoms with Crippen LogP contribution >= 0.6 is 0 Å². The summed E-state index contributed by atoms with van der Waals surface area (Å²) in [4.78, 5) is 10.3. The summed E-state index contributed by atoms with van der Waals surface area (Å²) >= 11 is 0. The van der Waals surface area contributed by atoms with Crippen LogP contribution in [0.5, 0.6) is 0 Å².